The summed E-state index contributed by atoms with van der Waals surface area (Å²) in [5.74, 6) is -0.112. The van der Waals surface area contributed by atoms with Crippen LogP contribution in [-0.2, 0) is 0 Å². The van der Waals surface area contributed by atoms with Crippen LogP contribution in [0.3, 0.4) is 0 Å². The Morgan fingerprint density at radius 1 is 1.11 bits per heavy atom. The third-order valence-corrected chi connectivity index (χ3v) is 7.27. The number of benzene rings is 2. The zero-order chi connectivity index (χ0) is 19.4. The van der Waals surface area contributed by atoms with E-state index in [-0.39, 0.29) is 26.1 Å². The summed E-state index contributed by atoms with van der Waals surface area (Å²) < 4.78 is 1.70. The van der Waals surface area contributed by atoms with Crippen LogP contribution in [0.15, 0.2) is 48.5 Å². The summed E-state index contributed by atoms with van der Waals surface area (Å²) in [5.41, 5.74) is 3.66. The zero-order valence-corrected chi connectivity index (χ0v) is 16.4. The Kier molecular flexibility index (Phi) is 3.72. The Morgan fingerprint density at radius 2 is 1.86 bits per heavy atom. The van der Waals surface area contributed by atoms with Gasteiger partial charge < -0.3 is 0 Å². The first-order valence-electron chi connectivity index (χ1n) is 8.66. The van der Waals surface area contributed by atoms with Crippen molar-refractivity contribution in [3.63, 3.8) is 0 Å². The molecule has 3 heterocycles. The van der Waals surface area contributed by atoms with Crippen molar-refractivity contribution in [1.29, 1.82) is 0 Å². The fourth-order valence-corrected chi connectivity index (χ4v) is 5.94. The van der Waals surface area contributed by atoms with Crippen molar-refractivity contribution in [3.8, 4) is 0 Å². The van der Waals surface area contributed by atoms with Crippen molar-refractivity contribution in [3.05, 3.63) is 74.2 Å². The number of nitrogens with zero attached hydrogens (tertiary/aromatic N) is 2. The van der Waals surface area contributed by atoms with Crippen LogP contribution in [-0.4, -0.2) is 30.3 Å². The molecule has 138 valence electrons. The molecule has 8 heteroatoms. The van der Waals surface area contributed by atoms with Gasteiger partial charge in [-0.05, 0) is 0 Å². The van der Waals surface area contributed by atoms with Crippen molar-refractivity contribution < 1.29 is 9.72 Å². The minimum atomic E-state index is -0.445. The van der Waals surface area contributed by atoms with Crippen LogP contribution in [0.4, 0.5) is 11.4 Å². The summed E-state index contributed by atoms with van der Waals surface area (Å²) in [5, 5.41) is 19.3. The molecule has 1 atom stereocenters. The van der Waals surface area contributed by atoms with E-state index in [4.69, 9.17) is 4.98 Å². The van der Waals surface area contributed by atoms with Gasteiger partial charge in [-0.1, -0.05) is 0 Å². The topological polar surface area (TPSA) is 97.2 Å². The first-order valence-corrected chi connectivity index (χ1v) is 10.4. The fourth-order valence-electron chi connectivity index (χ4n) is 3.61. The van der Waals surface area contributed by atoms with Crippen molar-refractivity contribution in [2.75, 3.05) is 5.32 Å². The summed E-state index contributed by atoms with van der Waals surface area (Å²) in [6.45, 7) is 2.06. The molecule has 2 aromatic carbocycles. The van der Waals surface area contributed by atoms with Crippen LogP contribution in [0.2, 0.25) is 0 Å². The predicted molar refractivity (Wildman–Crippen MR) is 108 cm³/mol. The van der Waals surface area contributed by atoms with Crippen LogP contribution in [0.5, 0.6) is 0 Å². The van der Waals surface area contributed by atoms with Gasteiger partial charge in [0.1, 0.15) is 0 Å². The summed E-state index contributed by atoms with van der Waals surface area (Å²) in [6, 6.07) is 14.2. The second-order valence-corrected chi connectivity index (χ2v) is 8.74. The molecule has 1 aliphatic rings. The van der Waals surface area contributed by atoms with E-state index in [9.17, 15) is 14.9 Å². The number of nitro groups is 1. The Balaban J connectivity index is 1.64. The average Bonchev–Trinajstić information content (AvgIpc) is 3.07. The van der Waals surface area contributed by atoms with Gasteiger partial charge in [-0.25, -0.2) is 0 Å². The Labute approximate surface area is 165 Å². The van der Waals surface area contributed by atoms with Crippen molar-refractivity contribution >= 4 is 52.5 Å². The average molecular weight is 437 g/mol. The molecular weight excluding hydrogens is 423 g/mol. The molecule has 28 heavy (non-hydrogen) atoms. The number of hydrogen-bond donors (Lipinski definition) is 2. The molecule has 7 nitrogen and oxygen atoms in total. The molecule has 4 aromatic rings. The van der Waals surface area contributed by atoms with Crippen LogP contribution >= 0.6 is 0 Å². The number of fused-ring (bicyclic) bond motifs is 4. The quantitative estimate of drug-likeness (QED) is 0.284. The first kappa shape index (κ1) is 16.9. The first-order chi connectivity index (χ1) is 13.5. The molecule has 1 amide bonds. The van der Waals surface area contributed by atoms with Crippen molar-refractivity contribution in [2.24, 2.45) is 0 Å². The predicted octanol–water partition coefficient (Wildman–Crippen LogP) is 3.52. The second-order valence-electron chi connectivity index (χ2n) is 6.64. The van der Waals surface area contributed by atoms with Gasteiger partial charge in [0.2, 0.25) is 0 Å². The van der Waals surface area contributed by atoms with Crippen molar-refractivity contribution in [1.82, 2.24) is 10.3 Å². The number of aryl methyl sites for hydroxylation is 1. The van der Waals surface area contributed by atoms with Crippen molar-refractivity contribution in [2.45, 2.75) is 13.1 Å². The number of nitro benzene ring substituents is 1. The molecule has 0 spiro atoms. The molecular formula is C20H14N4O3Se. The second kappa shape index (κ2) is 6.15. The van der Waals surface area contributed by atoms with Gasteiger partial charge in [0.25, 0.3) is 0 Å². The molecule has 0 radical (unpaired) electrons. The third kappa shape index (κ3) is 2.50. The molecule has 0 bridgehead atoms. The number of carbonyl (C=O) groups excluding carboxylic acids is 1. The van der Waals surface area contributed by atoms with E-state index in [1.165, 1.54) is 12.1 Å². The number of carbonyl (C=O) groups is 1. The number of non-ortho nitro benzene ring substituents is 1. The molecule has 1 unspecified atom stereocenters. The number of amides is 1. The number of hydrogen-bond acceptors (Lipinski definition) is 5. The van der Waals surface area contributed by atoms with Gasteiger partial charge in [-0.15, -0.1) is 0 Å². The Bertz CT molecular complexity index is 1280. The van der Waals surface area contributed by atoms with Gasteiger partial charge in [0.15, 0.2) is 0 Å². The maximum absolute atomic E-state index is 12.8. The number of pyridine rings is 1. The number of nitrogens with one attached hydrogen (secondary N) is 2. The van der Waals surface area contributed by atoms with Crippen LogP contribution in [0.25, 0.3) is 20.7 Å². The van der Waals surface area contributed by atoms with Gasteiger partial charge in [-0.2, -0.15) is 0 Å². The van der Waals surface area contributed by atoms with E-state index in [2.05, 4.69) is 17.6 Å². The van der Waals surface area contributed by atoms with Crippen LogP contribution < -0.4 is 10.6 Å². The summed E-state index contributed by atoms with van der Waals surface area (Å²) in [6.07, 6.45) is -0.445. The molecule has 0 saturated heterocycles. The van der Waals surface area contributed by atoms with E-state index in [1.807, 2.05) is 24.3 Å². The van der Waals surface area contributed by atoms with E-state index in [0.29, 0.717) is 0 Å². The number of anilines is 1. The monoisotopic (exact) mass is 438 g/mol. The van der Waals surface area contributed by atoms with E-state index < -0.39 is 11.1 Å². The number of para-hydroxylation sites is 1. The van der Waals surface area contributed by atoms with Gasteiger partial charge >= 0.3 is 165 Å². The summed E-state index contributed by atoms with van der Waals surface area (Å²) in [4.78, 5) is 28.0. The van der Waals surface area contributed by atoms with E-state index >= 15 is 0 Å². The number of aromatic nitrogens is 1. The molecule has 2 aromatic heterocycles. The van der Waals surface area contributed by atoms with Crippen LogP contribution in [0, 0.1) is 17.0 Å². The molecule has 0 aliphatic carbocycles. The number of rotatable bonds is 2. The Hall–Kier alpha value is -3.22. The van der Waals surface area contributed by atoms with E-state index in [0.717, 1.165) is 41.9 Å². The molecule has 5 rings (SSSR count). The third-order valence-electron chi connectivity index (χ3n) is 5.00. The minimum absolute atomic E-state index is 0.0202. The van der Waals surface area contributed by atoms with Gasteiger partial charge in [0.05, 0.1) is 0 Å². The van der Waals surface area contributed by atoms with E-state index in [1.54, 1.807) is 12.1 Å². The molecule has 1 aliphatic heterocycles. The SMILES string of the molecule is Cc1c2ccccc2nc2[se]c3c(c12)NC(c1ccc([N+](=O)[O-])cc1)NC3=O. The summed E-state index contributed by atoms with van der Waals surface area (Å²) >= 11 is -0.170. The van der Waals surface area contributed by atoms with Gasteiger partial charge in [-0.3, -0.25) is 0 Å². The Morgan fingerprint density at radius 3 is 2.61 bits per heavy atom. The van der Waals surface area contributed by atoms with Gasteiger partial charge in [0, 0.05) is 0 Å². The molecule has 2 N–H and O–H groups in total. The zero-order valence-electron chi connectivity index (χ0n) is 14.7. The normalized spacial score (nSPS) is 15.9. The maximum atomic E-state index is 12.8. The molecule has 0 saturated carbocycles. The summed E-state index contributed by atoms with van der Waals surface area (Å²) in [7, 11) is 0. The molecule has 0 fully saturated rings. The fraction of sp³-hybridized carbons (Fsp3) is 0.100. The standard InChI is InChI=1S/C20H14N4O3Se/c1-10-13-4-2-3-5-14(13)21-20-15(10)16-17(28-20)19(25)23-18(22-16)11-6-8-12(9-7-11)24(26)27/h2-9,18,22H,1H3,(H,23,25). The van der Waals surface area contributed by atoms with Crippen LogP contribution in [0.1, 0.15) is 26.5 Å².